The minimum atomic E-state index is -3.28. The Morgan fingerprint density at radius 3 is 2.42 bits per heavy atom. The van der Waals surface area contributed by atoms with Crippen molar-refractivity contribution in [3.8, 4) is 0 Å². The van der Waals surface area contributed by atoms with Crippen molar-refractivity contribution in [3.63, 3.8) is 0 Å². The number of aromatic nitrogens is 2. The summed E-state index contributed by atoms with van der Waals surface area (Å²) in [5.74, 6) is 0.135. The predicted molar refractivity (Wildman–Crippen MR) is 92.9 cm³/mol. The lowest BCUT2D eigenvalue weighted by Gasteiger charge is -2.08. The van der Waals surface area contributed by atoms with E-state index in [4.69, 9.17) is 0 Å². The van der Waals surface area contributed by atoms with Crippen LogP contribution in [0, 0.1) is 0 Å². The van der Waals surface area contributed by atoms with Crippen LogP contribution in [0.1, 0.15) is 17.3 Å². The number of imidazole rings is 1. The van der Waals surface area contributed by atoms with Crippen LogP contribution in [0.15, 0.2) is 53.4 Å². The van der Waals surface area contributed by atoms with E-state index in [0.29, 0.717) is 18.1 Å². The first kappa shape index (κ1) is 16.2. The molecule has 0 aliphatic carbocycles. The normalized spacial score (nSPS) is 11.6. The van der Waals surface area contributed by atoms with Gasteiger partial charge in [-0.2, -0.15) is 0 Å². The Bertz CT molecular complexity index is 1010. The number of carbonyl (C=O) groups excluding carboxylic acids is 1. The minimum Gasteiger partial charge on any atom is -0.310 e. The molecule has 6 nitrogen and oxygen atoms in total. The SMILES string of the molecule is CCn1c(NC(=O)c2ccc(S(C)(=O)=O)cc2)nc2ccccc21. The molecule has 0 spiro atoms. The van der Waals surface area contributed by atoms with Gasteiger partial charge in [0, 0.05) is 18.4 Å². The molecular weight excluding hydrogens is 326 g/mol. The van der Waals surface area contributed by atoms with Crippen molar-refractivity contribution in [1.29, 1.82) is 0 Å². The van der Waals surface area contributed by atoms with Gasteiger partial charge in [0.2, 0.25) is 5.95 Å². The number of nitrogens with one attached hydrogen (secondary N) is 1. The number of para-hydroxylation sites is 2. The molecule has 1 amide bonds. The number of benzene rings is 2. The van der Waals surface area contributed by atoms with E-state index in [2.05, 4.69) is 10.3 Å². The fraction of sp³-hybridized carbons (Fsp3) is 0.176. The van der Waals surface area contributed by atoms with Crippen LogP contribution in [-0.2, 0) is 16.4 Å². The molecule has 124 valence electrons. The summed E-state index contributed by atoms with van der Waals surface area (Å²) in [5, 5.41) is 2.79. The second-order valence-corrected chi connectivity index (χ2v) is 7.43. The zero-order valence-corrected chi connectivity index (χ0v) is 14.2. The van der Waals surface area contributed by atoms with Gasteiger partial charge in [0.15, 0.2) is 9.84 Å². The van der Waals surface area contributed by atoms with E-state index in [-0.39, 0.29) is 10.8 Å². The van der Waals surface area contributed by atoms with Gasteiger partial charge in [-0.1, -0.05) is 12.1 Å². The molecule has 0 unspecified atom stereocenters. The van der Waals surface area contributed by atoms with Gasteiger partial charge < -0.3 is 4.57 Å². The minimum absolute atomic E-state index is 0.180. The summed E-state index contributed by atoms with van der Waals surface area (Å²) in [6, 6.07) is 13.5. The first-order valence-electron chi connectivity index (χ1n) is 7.47. The van der Waals surface area contributed by atoms with Gasteiger partial charge in [-0.3, -0.25) is 10.1 Å². The van der Waals surface area contributed by atoms with Gasteiger partial charge in [0.25, 0.3) is 5.91 Å². The van der Waals surface area contributed by atoms with Crippen LogP contribution >= 0.6 is 0 Å². The average Bonchev–Trinajstić information content (AvgIpc) is 2.91. The molecule has 1 heterocycles. The van der Waals surface area contributed by atoms with Crippen LogP contribution in [-0.4, -0.2) is 30.1 Å². The fourth-order valence-corrected chi connectivity index (χ4v) is 3.15. The molecule has 7 heteroatoms. The van der Waals surface area contributed by atoms with Crippen LogP contribution in [0.25, 0.3) is 11.0 Å². The van der Waals surface area contributed by atoms with Crippen molar-refractivity contribution in [3.05, 3.63) is 54.1 Å². The summed E-state index contributed by atoms with van der Waals surface area (Å²) in [4.78, 5) is 17.0. The molecule has 0 aliphatic rings. The third-order valence-electron chi connectivity index (χ3n) is 3.74. The Kier molecular flexibility index (Phi) is 4.11. The molecule has 1 N–H and O–H groups in total. The lowest BCUT2D eigenvalue weighted by molar-refractivity contribution is 0.102. The van der Waals surface area contributed by atoms with E-state index in [1.807, 2.05) is 35.8 Å². The number of rotatable bonds is 4. The highest BCUT2D eigenvalue weighted by Gasteiger charge is 2.14. The first-order valence-corrected chi connectivity index (χ1v) is 9.36. The number of amides is 1. The third kappa shape index (κ3) is 3.03. The summed E-state index contributed by atoms with van der Waals surface area (Å²) in [7, 11) is -3.28. The van der Waals surface area contributed by atoms with Crippen molar-refractivity contribution in [2.24, 2.45) is 0 Å². The maximum Gasteiger partial charge on any atom is 0.257 e. The second-order valence-electron chi connectivity index (χ2n) is 5.42. The molecule has 0 saturated heterocycles. The molecule has 0 aliphatic heterocycles. The van der Waals surface area contributed by atoms with E-state index in [1.165, 1.54) is 24.3 Å². The van der Waals surface area contributed by atoms with Crippen LogP contribution in [0.5, 0.6) is 0 Å². The van der Waals surface area contributed by atoms with Crippen molar-refractivity contribution in [2.45, 2.75) is 18.4 Å². The quantitative estimate of drug-likeness (QED) is 0.790. The Hall–Kier alpha value is -2.67. The highest BCUT2D eigenvalue weighted by molar-refractivity contribution is 7.90. The monoisotopic (exact) mass is 343 g/mol. The number of sulfone groups is 1. The lowest BCUT2D eigenvalue weighted by Crippen LogP contribution is -2.16. The van der Waals surface area contributed by atoms with Crippen molar-refractivity contribution >= 4 is 32.7 Å². The van der Waals surface area contributed by atoms with E-state index >= 15 is 0 Å². The maximum absolute atomic E-state index is 12.4. The third-order valence-corrected chi connectivity index (χ3v) is 4.87. The number of nitrogens with zero attached hydrogens (tertiary/aromatic N) is 2. The largest absolute Gasteiger partial charge is 0.310 e. The zero-order chi connectivity index (χ0) is 17.3. The van der Waals surface area contributed by atoms with E-state index < -0.39 is 9.84 Å². The molecule has 24 heavy (non-hydrogen) atoms. The number of anilines is 1. The molecule has 3 aromatic rings. The molecule has 0 fully saturated rings. The molecule has 1 aromatic heterocycles. The fourth-order valence-electron chi connectivity index (χ4n) is 2.52. The molecule has 0 atom stereocenters. The van der Waals surface area contributed by atoms with E-state index in [9.17, 15) is 13.2 Å². The van der Waals surface area contributed by atoms with Crippen LogP contribution in [0.3, 0.4) is 0 Å². The molecule has 0 radical (unpaired) electrons. The summed E-state index contributed by atoms with van der Waals surface area (Å²) in [5.41, 5.74) is 2.13. The van der Waals surface area contributed by atoms with Crippen LogP contribution < -0.4 is 5.32 Å². The first-order chi connectivity index (χ1) is 11.4. The highest BCUT2D eigenvalue weighted by atomic mass is 32.2. The van der Waals surface area contributed by atoms with Gasteiger partial charge in [-0.15, -0.1) is 0 Å². The lowest BCUT2D eigenvalue weighted by atomic mass is 10.2. The Labute approximate surface area is 140 Å². The summed E-state index contributed by atoms with van der Waals surface area (Å²) >= 11 is 0. The van der Waals surface area contributed by atoms with Crippen LogP contribution in [0.2, 0.25) is 0 Å². The Morgan fingerprint density at radius 1 is 1.12 bits per heavy atom. The van der Waals surface area contributed by atoms with Crippen LogP contribution in [0.4, 0.5) is 5.95 Å². The summed E-state index contributed by atoms with van der Waals surface area (Å²) in [6.45, 7) is 2.65. The van der Waals surface area contributed by atoms with Gasteiger partial charge in [-0.25, -0.2) is 13.4 Å². The van der Waals surface area contributed by atoms with Gasteiger partial charge in [0.05, 0.1) is 15.9 Å². The smallest absolute Gasteiger partial charge is 0.257 e. The number of fused-ring (bicyclic) bond motifs is 1. The maximum atomic E-state index is 12.4. The van der Waals surface area contributed by atoms with Gasteiger partial charge in [-0.05, 0) is 43.3 Å². The van der Waals surface area contributed by atoms with Crippen molar-refractivity contribution in [2.75, 3.05) is 11.6 Å². The van der Waals surface area contributed by atoms with E-state index in [0.717, 1.165) is 17.3 Å². The second kappa shape index (κ2) is 6.09. The zero-order valence-electron chi connectivity index (χ0n) is 13.4. The van der Waals surface area contributed by atoms with Gasteiger partial charge in [0.1, 0.15) is 0 Å². The topological polar surface area (TPSA) is 81.1 Å². The Balaban J connectivity index is 1.90. The molecule has 2 aromatic carbocycles. The van der Waals surface area contributed by atoms with Crippen molar-refractivity contribution < 1.29 is 13.2 Å². The highest BCUT2D eigenvalue weighted by Crippen LogP contribution is 2.20. The summed E-state index contributed by atoms with van der Waals surface area (Å²) < 4.78 is 24.9. The molecule has 0 saturated carbocycles. The number of hydrogen-bond acceptors (Lipinski definition) is 4. The van der Waals surface area contributed by atoms with Gasteiger partial charge >= 0.3 is 0 Å². The molecule has 3 rings (SSSR count). The Morgan fingerprint density at radius 2 is 1.79 bits per heavy atom. The molecule has 0 bridgehead atoms. The average molecular weight is 343 g/mol. The predicted octanol–water partition coefficient (Wildman–Crippen LogP) is 2.71. The standard InChI is InChI=1S/C17H17N3O3S/c1-3-20-15-7-5-4-6-14(15)18-17(20)19-16(21)12-8-10-13(11-9-12)24(2,22)23/h4-11H,3H2,1-2H3,(H,18,19,21). The van der Waals surface area contributed by atoms with E-state index in [1.54, 1.807) is 0 Å². The number of hydrogen-bond donors (Lipinski definition) is 1. The summed E-state index contributed by atoms with van der Waals surface area (Å²) in [6.07, 6.45) is 1.13. The number of carbonyl (C=O) groups is 1. The molecular formula is C17H17N3O3S. The number of aryl methyl sites for hydroxylation is 1. The van der Waals surface area contributed by atoms with Crippen molar-refractivity contribution in [1.82, 2.24) is 9.55 Å².